The SMILES string of the molecule is Nc1ccc(C2NC(=O)N(c3cccc(C(F)(F)F)c3)C3=C2C(=O)N(CCNCCN2CC4=C(C2=O)C(c2ccc(N)cc2)NC(=O)N4c2cccc(C(F)(F)F)c2)C3)cc1. The first-order valence-electron chi connectivity index (χ1n) is 19.0. The Morgan fingerprint density at radius 2 is 0.951 bits per heavy atom. The van der Waals surface area contributed by atoms with Gasteiger partial charge >= 0.3 is 24.4 Å². The highest BCUT2D eigenvalue weighted by Crippen LogP contribution is 2.42. The lowest BCUT2D eigenvalue weighted by atomic mass is 9.95. The van der Waals surface area contributed by atoms with Crippen LogP contribution in [0.1, 0.15) is 34.3 Å². The molecule has 4 aromatic rings. The summed E-state index contributed by atoms with van der Waals surface area (Å²) in [6.07, 6.45) is -9.36. The Bertz CT molecular complexity index is 2320. The molecular weight excluding hydrogens is 809 g/mol. The lowest BCUT2D eigenvalue weighted by Crippen LogP contribution is -2.47. The van der Waals surface area contributed by atoms with Crippen LogP contribution in [0.3, 0.4) is 0 Å². The molecule has 2 unspecified atom stereocenters. The van der Waals surface area contributed by atoms with E-state index in [1.54, 1.807) is 48.5 Å². The fraction of sp³-hybridized carbons (Fsp3) is 0.238. The molecule has 61 heavy (non-hydrogen) atoms. The van der Waals surface area contributed by atoms with Crippen molar-refractivity contribution in [3.63, 3.8) is 0 Å². The third kappa shape index (κ3) is 7.79. The smallest absolute Gasteiger partial charge is 0.399 e. The maximum Gasteiger partial charge on any atom is 0.416 e. The van der Waals surface area contributed by atoms with Gasteiger partial charge in [0.2, 0.25) is 0 Å². The van der Waals surface area contributed by atoms with Crippen molar-refractivity contribution in [2.24, 2.45) is 0 Å². The number of alkyl halides is 6. The number of carbonyl (C=O) groups excluding carboxylic acids is 4. The number of halogens is 6. The Kier molecular flexibility index (Phi) is 10.4. The van der Waals surface area contributed by atoms with Crippen molar-refractivity contribution in [1.82, 2.24) is 25.8 Å². The van der Waals surface area contributed by atoms with Crippen LogP contribution in [0.15, 0.2) is 120 Å². The first kappa shape index (κ1) is 40.7. The van der Waals surface area contributed by atoms with Crippen molar-refractivity contribution >= 4 is 46.6 Å². The van der Waals surface area contributed by atoms with Crippen molar-refractivity contribution in [3.05, 3.63) is 142 Å². The van der Waals surface area contributed by atoms with Crippen LogP contribution in [0.4, 0.5) is 58.7 Å². The molecular formula is C42H37F6N9O4. The lowest BCUT2D eigenvalue weighted by Gasteiger charge is -2.34. The zero-order valence-electron chi connectivity index (χ0n) is 32.0. The number of urea groups is 2. The predicted octanol–water partition coefficient (Wildman–Crippen LogP) is 5.91. The van der Waals surface area contributed by atoms with Gasteiger partial charge < -0.3 is 37.2 Å². The van der Waals surface area contributed by atoms with E-state index in [0.29, 0.717) is 22.5 Å². The predicted molar refractivity (Wildman–Crippen MR) is 212 cm³/mol. The van der Waals surface area contributed by atoms with Gasteiger partial charge in [-0.15, -0.1) is 0 Å². The molecule has 13 nitrogen and oxygen atoms in total. The van der Waals surface area contributed by atoms with E-state index in [1.165, 1.54) is 34.1 Å². The maximum atomic E-state index is 14.1. The van der Waals surface area contributed by atoms with Gasteiger partial charge in [0.25, 0.3) is 11.8 Å². The summed E-state index contributed by atoms with van der Waals surface area (Å²) in [7, 11) is 0. The van der Waals surface area contributed by atoms with Crippen molar-refractivity contribution < 1.29 is 45.5 Å². The molecule has 4 aliphatic heterocycles. The van der Waals surface area contributed by atoms with E-state index in [4.69, 9.17) is 11.5 Å². The van der Waals surface area contributed by atoms with E-state index in [-0.39, 0.29) is 73.2 Å². The number of hydrogen-bond donors (Lipinski definition) is 5. The Hall–Kier alpha value is -7.02. The average Bonchev–Trinajstić information content (AvgIpc) is 3.72. The average molecular weight is 846 g/mol. The first-order chi connectivity index (χ1) is 29.0. The van der Waals surface area contributed by atoms with Gasteiger partial charge in [-0.3, -0.25) is 19.4 Å². The molecule has 8 rings (SSSR count). The second-order valence-corrected chi connectivity index (χ2v) is 14.8. The Labute approximate surface area is 344 Å². The molecule has 0 aliphatic carbocycles. The number of nitrogen functional groups attached to an aromatic ring is 2. The van der Waals surface area contributed by atoms with Crippen LogP contribution in [-0.2, 0) is 21.9 Å². The minimum atomic E-state index is -4.68. The molecule has 4 aromatic carbocycles. The largest absolute Gasteiger partial charge is 0.416 e. The normalized spacial score (nSPS) is 19.4. The molecule has 0 bridgehead atoms. The summed E-state index contributed by atoms with van der Waals surface area (Å²) >= 11 is 0. The third-order valence-electron chi connectivity index (χ3n) is 10.9. The number of nitrogens with zero attached hydrogens (tertiary/aromatic N) is 4. The van der Waals surface area contributed by atoms with E-state index in [9.17, 15) is 45.5 Å². The maximum absolute atomic E-state index is 14.1. The van der Waals surface area contributed by atoms with Gasteiger partial charge in [-0.1, -0.05) is 36.4 Å². The number of nitrogens with two attached hydrogens (primary N) is 2. The Morgan fingerprint density at radius 3 is 1.31 bits per heavy atom. The van der Waals surface area contributed by atoms with E-state index < -0.39 is 59.4 Å². The molecule has 7 N–H and O–H groups in total. The third-order valence-corrected chi connectivity index (χ3v) is 10.9. The molecule has 4 heterocycles. The molecule has 2 atom stereocenters. The molecule has 0 aromatic heterocycles. The van der Waals surface area contributed by atoms with Crippen LogP contribution in [0, 0.1) is 0 Å². The quantitative estimate of drug-likeness (QED) is 0.0751. The van der Waals surface area contributed by atoms with E-state index in [1.807, 2.05) is 0 Å². The number of carbonyl (C=O) groups is 4. The summed E-state index contributed by atoms with van der Waals surface area (Å²) < 4.78 is 82.2. The van der Waals surface area contributed by atoms with Crippen LogP contribution in [-0.4, -0.2) is 72.9 Å². The van der Waals surface area contributed by atoms with Crippen LogP contribution < -0.4 is 37.2 Å². The number of nitrogens with one attached hydrogen (secondary N) is 3. The van der Waals surface area contributed by atoms with Crippen LogP contribution in [0.5, 0.6) is 0 Å². The molecule has 19 heteroatoms. The van der Waals surface area contributed by atoms with Crippen LogP contribution >= 0.6 is 0 Å². The lowest BCUT2D eigenvalue weighted by molar-refractivity contribution is -0.138. The monoisotopic (exact) mass is 845 g/mol. The summed E-state index contributed by atoms with van der Waals surface area (Å²) in [4.78, 5) is 60.5. The van der Waals surface area contributed by atoms with Gasteiger partial charge in [-0.25, -0.2) is 9.59 Å². The molecule has 0 saturated heterocycles. The fourth-order valence-electron chi connectivity index (χ4n) is 7.97. The minimum absolute atomic E-state index is 0.0721. The minimum Gasteiger partial charge on any atom is -0.399 e. The summed E-state index contributed by atoms with van der Waals surface area (Å²) in [5.74, 6) is -0.884. The van der Waals surface area contributed by atoms with Gasteiger partial charge in [-0.05, 0) is 71.8 Å². The van der Waals surface area contributed by atoms with E-state index >= 15 is 0 Å². The van der Waals surface area contributed by atoms with Crippen LogP contribution in [0.25, 0.3) is 0 Å². The summed E-state index contributed by atoms with van der Waals surface area (Å²) in [5, 5.41) is 8.75. The molecule has 6 amide bonds. The van der Waals surface area contributed by atoms with E-state index in [2.05, 4.69) is 16.0 Å². The highest BCUT2D eigenvalue weighted by atomic mass is 19.4. The number of amides is 6. The van der Waals surface area contributed by atoms with Gasteiger partial charge in [-0.2, -0.15) is 26.3 Å². The standard InChI is InChI=1S/C42H37F6N9O4/c43-41(44,45)25-3-1-5-29(19-25)56-31-21-54(37(58)33(31)35(52-39(56)60)23-7-11-27(49)12-8-23)17-15-51-16-18-55-22-32-34(38(55)59)36(24-9-13-28(50)14-10-24)53-40(61)57(32)30-6-2-4-26(20-30)42(46,47)48/h1-14,19-20,35-36,51H,15-18,21-22,49-50H2,(H,52,60)(H,53,61). The summed E-state index contributed by atoms with van der Waals surface area (Å²) in [6.45, 7) is 0.423. The van der Waals surface area contributed by atoms with E-state index in [0.717, 1.165) is 34.1 Å². The number of hydrogen-bond acceptors (Lipinski definition) is 7. The topological polar surface area (TPSA) is 169 Å². The second-order valence-electron chi connectivity index (χ2n) is 14.8. The first-order valence-corrected chi connectivity index (χ1v) is 19.0. The number of rotatable bonds is 10. The summed E-state index contributed by atoms with van der Waals surface area (Å²) in [5.41, 5.74) is 12.5. The highest BCUT2D eigenvalue weighted by Gasteiger charge is 2.47. The van der Waals surface area contributed by atoms with Gasteiger partial charge in [0.15, 0.2) is 0 Å². The fourth-order valence-corrected chi connectivity index (χ4v) is 7.97. The zero-order chi connectivity index (χ0) is 43.4. The summed E-state index contributed by atoms with van der Waals surface area (Å²) in [6, 6.07) is 18.3. The van der Waals surface area contributed by atoms with Crippen molar-refractivity contribution in [3.8, 4) is 0 Å². The van der Waals surface area contributed by atoms with Crippen molar-refractivity contribution in [2.75, 3.05) is 60.5 Å². The molecule has 4 aliphatic rings. The van der Waals surface area contributed by atoms with Crippen molar-refractivity contribution in [2.45, 2.75) is 24.4 Å². The number of anilines is 4. The Morgan fingerprint density at radius 1 is 0.574 bits per heavy atom. The highest BCUT2D eigenvalue weighted by molar-refractivity contribution is 6.08. The Balaban J connectivity index is 0.977. The zero-order valence-corrected chi connectivity index (χ0v) is 32.0. The van der Waals surface area contributed by atoms with Gasteiger partial charge in [0, 0.05) is 37.6 Å². The molecule has 0 fully saturated rings. The second kappa shape index (κ2) is 15.5. The molecule has 0 spiro atoms. The molecule has 0 radical (unpaired) electrons. The molecule has 0 saturated carbocycles. The van der Waals surface area contributed by atoms with Gasteiger partial charge in [0.05, 0.1) is 70.2 Å². The van der Waals surface area contributed by atoms with Gasteiger partial charge in [0.1, 0.15) is 0 Å². The van der Waals surface area contributed by atoms with Crippen LogP contribution in [0.2, 0.25) is 0 Å². The van der Waals surface area contributed by atoms with Crippen molar-refractivity contribution in [1.29, 1.82) is 0 Å². The molecule has 316 valence electrons. The number of benzene rings is 4.